The number of benzene rings is 1. The Hall–Kier alpha value is -2.63. The van der Waals surface area contributed by atoms with Crippen LogP contribution in [0.1, 0.15) is 5.56 Å². The van der Waals surface area contributed by atoms with Crippen LogP contribution in [0.4, 0.5) is 11.4 Å². The summed E-state index contributed by atoms with van der Waals surface area (Å²) in [6.45, 7) is 0.306. The Morgan fingerprint density at radius 3 is 2.50 bits per heavy atom. The van der Waals surface area contributed by atoms with Crippen molar-refractivity contribution in [2.45, 2.75) is 6.54 Å². The molecule has 0 fully saturated rings. The first-order valence-corrected chi connectivity index (χ1v) is 5.28. The molecule has 2 rings (SSSR count). The molecule has 0 radical (unpaired) electrons. The molecule has 0 saturated heterocycles. The lowest BCUT2D eigenvalue weighted by atomic mass is 10.2. The first-order chi connectivity index (χ1) is 8.59. The first-order valence-electron chi connectivity index (χ1n) is 5.28. The third-order valence-electron chi connectivity index (χ3n) is 2.56. The van der Waals surface area contributed by atoms with Gasteiger partial charge >= 0.3 is 11.2 Å². The fraction of sp³-hybridized carbons (Fsp3) is 0.0833. The molecule has 0 aliphatic rings. The second-order valence-corrected chi connectivity index (χ2v) is 3.81. The number of hydrogen-bond donors (Lipinski definition) is 2. The van der Waals surface area contributed by atoms with Crippen molar-refractivity contribution in [3.63, 3.8) is 0 Å². The van der Waals surface area contributed by atoms with Crippen molar-refractivity contribution in [3.8, 4) is 0 Å². The van der Waals surface area contributed by atoms with Gasteiger partial charge in [0.15, 0.2) is 0 Å². The van der Waals surface area contributed by atoms with Gasteiger partial charge in [0, 0.05) is 6.20 Å². The number of rotatable bonds is 3. The van der Waals surface area contributed by atoms with Gasteiger partial charge in [-0.25, -0.2) is 5.21 Å². The van der Waals surface area contributed by atoms with E-state index >= 15 is 0 Å². The molecular weight excluding hydrogens is 234 g/mol. The normalized spacial score (nSPS) is 10.2. The average Bonchev–Trinajstić information content (AvgIpc) is 2.34. The van der Waals surface area contributed by atoms with Gasteiger partial charge in [-0.3, -0.25) is 4.79 Å². The Labute approximate surface area is 102 Å². The molecule has 0 aliphatic heterocycles. The van der Waals surface area contributed by atoms with E-state index in [1.54, 1.807) is 0 Å². The minimum absolute atomic E-state index is 0.0539. The quantitative estimate of drug-likeness (QED) is 0.798. The minimum atomic E-state index is -0.628. The molecule has 1 aromatic heterocycles. The van der Waals surface area contributed by atoms with Gasteiger partial charge in [0.2, 0.25) is 0 Å². The van der Waals surface area contributed by atoms with Gasteiger partial charge in [-0.05, 0) is 11.6 Å². The monoisotopic (exact) mass is 246 g/mol. The zero-order chi connectivity index (χ0) is 13.1. The summed E-state index contributed by atoms with van der Waals surface area (Å²) in [6.07, 6.45) is 1.48. The van der Waals surface area contributed by atoms with Gasteiger partial charge in [0.1, 0.15) is 5.69 Å². The molecular formula is C12H12N3O3+. The van der Waals surface area contributed by atoms with E-state index in [0.717, 1.165) is 5.56 Å². The van der Waals surface area contributed by atoms with Crippen LogP contribution in [-0.4, -0.2) is 14.7 Å². The van der Waals surface area contributed by atoms with Crippen molar-refractivity contribution < 1.29 is 10.1 Å². The van der Waals surface area contributed by atoms with Crippen LogP contribution < -0.4 is 11.3 Å². The zero-order valence-electron chi connectivity index (χ0n) is 9.48. The molecule has 3 N–H and O–H groups in total. The first kappa shape index (κ1) is 11.8. The van der Waals surface area contributed by atoms with Gasteiger partial charge in [0.05, 0.1) is 11.5 Å². The van der Waals surface area contributed by atoms with Crippen LogP contribution in [0, 0.1) is 4.91 Å². The van der Waals surface area contributed by atoms with E-state index < -0.39 is 16.2 Å². The highest BCUT2D eigenvalue weighted by Crippen LogP contribution is 2.14. The molecule has 92 valence electrons. The van der Waals surface area contributed by atoms with Crippen molar-refractivity contribution in [2.24, 2.45) is 0 Å². The third-order valence-corrected chi connectivity index (χ3v) is 2.56. The van der Waals surface area contributed by atoms with Crippen molar-refractivity contribution in [1.29, 1.82) is 0 Å². The molecule has 0 aliphatic carbocycles. The number of nitrogens with two attached hydrogens (primary N) is 1. The van der Waals surface area contributed by atoms with Crippen LogP contribution in [0.5, 0.6) is 0 Å². The number of anilines is 1. The van der Waals surface area contributed by atoms with E-state index in [2.05, 4.69) is 0 Å². The highest BCUT2D eigenvalue weighted by molar-refractivity contribution is 5.55. The van der Waals surface area contributed by atoms with Crippen molar-refractivity contribution in [3.05, 3.63) is 63.4 Å². The maximum absolute atomic E-state index is 11.9. The van der Waals surface area contributed by atoms with Crippen LogP contribution in [0.3, 0.4) is 0 Å². The summed E-state index contributed by atoms with van der Waals surface area (Å²) < 4.78 is 1.31. The lowest BCUT2D eigenvalue weighted by Crippen LogP contribution is -2.24. The molecule has 18 heavy (non-hydrogen) atoms. The average molecular weight is 246 g/mol. The maximum atomic E-state index is 11.9. The fourth-order valence-electron chi connectivity index (χ4n) is 1.67. The Bertz CT molecular complexity index is 635. The van der Waals surface area contributed by atoms with E-state index in [4.69, 9.17) is 10.9 Å². The molecule has 2 aromatic rings. The maximum Gasteiger partial charge on any atom is 0.403 e. The van der Waals surface area contributed by atoms with E-state index in [1.807, 2.05) is 30.3 Å². The summed E-state index contributed by atoms with van der Waals surface area (Å²) in [5, 5.41) is 8.86. The second kappa shape index (κ2) is 4.70. The minimum Gasteiger partial charge on any atom is -0.393 e. The Morgan fingerprint density at radius 2 is 1.89 bits per heavy atom. The van der Waals surface area contributed by atoms with Gasteiger partial charge < -0.3 is 10.3 Å². The van der Waals surface area contributed by atoms with E-state index in [-0.39, 0.29) is 5.69 Å². The molecule has 0 atom stereocenters. The Kier molecular flexibility index (Phi) is 3.09. The molecule has 0 amide bonds. The van der Waals surface area contributed by atoms with Gasteiger partial charge in [-0.15, -0.1) is 0 Å². The number of hydrogen-bond acceptors (Lipinski definition) is 3. The van der Waals surface area contributed by atoms with Crippen LogP contribution >= 0.6 is 0 Å². The van der Waals surface area contributed by atoms with Crippen molar-refractivity contribution in [1.82, 2.24) is 4.57 Å². The highest BCUT2D eigenvalue weighted by atomic mass is 16.6. The molecule has 1 aromatic carbocycles. The van der Waals surface area contributed by atoms with Gasteiger partial charge in [-0.1, -0.05) is 30.3 Å². The molecule has 6 heteroatoms. The van der Waals surface area contributed by atoms with Crippen molar-refractivity contribution >= 4 is 11.4 Å². The van der Waals surface area contributed by atoms with Crippen LogP contribution in [0.15, 0.2) is 47.4 Å². The summed E-state index contributed by atoms with van der Waals surface area (Å²) in [7, 11) is 0. The predicted octanol–water partition coefficient (Wildman–Crippen LogP) is 1.28. The van der Waals surface area contributed by atoms with Gasteiger partial charge in [-0.2, -0.15) is 0 Å². The summed E-state index contributed by atoms with van der Waals surface area (Å²) in [4.78, 5) is 22.3. The summed E-state index contributed by atoms with van der Waals surface area (Å²) in [5.74, 6) is 0. The van der Waals surface area contributed by atoms with Gasteiger partial charge in [0.25, 0.3) is 4.92 Å². The number of aromatic nitrogens is 1. The molecule has 0 bridgehead atoms. The topological polar surface area (TPSA) is 88.3 Å². The van der Waals surface area contributed by atoms with Crippen LogP contribution in [0.25, 0.3) is 0 Å². The Balaban J connectivity index is 2.45. The standard InChI is InChI=1S/C12H11N3O3/c13-10-6-7-14(12(16)11(10)15(17)18)8-9-4-2-1-3-5-9/h1-7H,8H2,(H2-,13,16,17,18)/p+1. The summed E-state index contributed by atoms with van der Waals surface area (Å²) >= 11 is 0. The van der Waals surface area contributed by atoms with E-state index in [1.165, 1.54) is 16.8 Å². The van der Waals surface area contributed by atoms with Crippen LogP contribution in [0.2, 0.25) is 0 Å². The number of pyridine rings is 1. The lowest BCUT2D eigenvalue weighted by Gasteiger charge is -2.05. The third kappa shape index (κ3) is 2.22. The predicted molar refractivity (Wildman–Crippen MR) is 65.7 cm³/mol. The molecule has 0 unspecified atom stereocenters. The largest absolute Gasteiger partial charge is 0.403 e. The SMILES string of the molecule is Nc1ccn(Cc2ccccc2)c(=O)c1[N+](=O)O. The van der Waals surface area contributed by atoms with Crippen molar-refractivity contribution in [2.75, 3.05) is 5.73 Å². The zero-order valence-corrected chi connectivity index (χ0v) is 9.48. The second-order valence-electron chi connectivity index (χ2n) is 3.81. The molecule has 0 saturated carbocycles. The number of nitrogen functional groups attached to an aromatic ring is 1. The molecule has 1 heterocycles. The summed E-state index contributed by atoms with van der Waals surface area (Å²) in [6, 6.07) is 10.7. The lowest BCUT2D eigenvalue weighted by molar-refractivity contribution is -0.730. The number of nitrogens with zero attached hydrogens (tertiary/aromatic N) is 2. The van der Waals surface area contributed by atoms with E-state index in [9.17, 15) is 9.70 Å². The fourth-order valence-corrected chi connectivity index (χ4v) is 1.67. The van der Waals surface area contributed by atoms with Crippen LogP contribution in [-0.2, 0) is 6.54 Å². The smallest absolute Gasteiger partial charge is 0.393 e. The summed E-state index contributed by atoms with van der Waals surface area (Å²) in [5.41, 5.74) is 5.23. The highest BCUT2D eigenvalue weighted by Gasteiger charge is 2.24. The molecule has 6 nitrogen and oxygen atoms in total. The van der Waals surface area contributed by atoms with E-state index in [0.29, 0.717) is 6.54 Å². The Morgan fingerprint density at radius 1 is 1.22 bits per heavy atom. The molecule has 0 spiro atoms.